The van der Waals surface area contributed by atoms with Gasteiger partial charge in [-0.1, -0.05) is 170 Å². The molecule has 13 aromatic rings. The number of nitrogens with zero attached hydrogens (tertiary/aromatic N) is 2. The van der Waals surface area contributed by atoms with Gasteiger partial charge in [-0.3, -0.25) is 33.6 Å². The van der Waals surface area contributed by atoms with Crippen molar-refractivity contribution in [2.45, 2.75) is 30.9 Å². The number of benzene rings is 13. The summed E-state index contributed by atoms with van der Waals surface area (Å²) < 4.78 is 515. The zero-order valence-corrected chi connectivity index (χ0v) is 75.4. The molecule has 0 radical (unpaired) electrons. The molecule has 0 bridgehead atoms. The average molecular weight is 2230 g/mol. The van der Waals surface area contributed by atoms with E-state index in [1.54, 1.807) is 24.3 Å². The minimum absolute atomic E-state index is 0. The standard InChI is InChI=1S/C19H8F7N2O5P.C19H12F7N2OP.C19H10F7OP.C12H10ClOP.C7BrF7.C7F7.BrH.Mg/c20-14-13(19(24,25)26)15(21)17(23)18(16(14)22)34(33,11-5-1-3-9(7-11)27(29)30)12-6-2-4-10(8-12)28(31)32;20-14-13(19(24,25)26)15(21)17(23)18(16(14)22)30(29,11-5-1-3-9(27)7-11)12-6-2-4-10(28)8-12;20-14-13(19(24,25)26)15(21)17(23)18(16(14)22)28(27,11-7-3-1-4-8-11)12-9-5-2-6-10-12;13-15(14,11-7-3-1-4-8-11)12-9-5-2-6-10-12;8-2-5(11)3(9)1(7(13,14)15)4(10)6(2)12;8-2-1-3(9)6(11)4(5(2)10)7(12,13)14;;/h1-8H;1-8H,27-28H2;1-10H;1-10H;;;1H;/q;;;;;-1;;+2/p-1. The maximum Gasteiger partial charge on any atom is 2.00 e. The van der Waals surface area contributed by atoms with Crippen molar-refractivity contribution in [1.29, 1.82) is 0 Å². The van der Waals surface area contributed by atoms with Crippen molar-refractivity contribution >= 4 is 159 Å². The molecule has 0 aliphatic heterocycles. The summed E-state index contributed by atoms with van der Waals surface area (Å²) >= 11 is 8.23. The first-order valence-corrected chi connectivity index (χ1v) is 44.1. The van der Waals surface area contributed by atoms with Gasteiger partial charge in [0.05, 0.1) is 41.9 Å². The Balaban J connectivity index is 0.000000262. The largest absolute Gasteiger partial charge is 2.00 e. The SMILES string of the molecule is Fc1[c-]c(F)c(F)c(C(F)(F)F)c1F.Fc1c(F)c(C(F)(F)F)c(F)c(F)c1Br.Nc1cccc(P(=O)(c2cccc(N)c2)c2c(F)c(F)c(C(F)(F)F)c(F)c2F)c1.O=P(Cl)(c1ccccc1)c1ccccc1.O=P(c1ccccc1)(c1ccccc1)c1c(F)c(F)c(C(F)(F)F)c(F)c1F.O=[N+]([O-])c1cccc(P(=O)(c2cccc([N+](=O)[O-])c2)c2c(F)c(F)c(C(F)(F)F)c(F)c2F)c1.[Br-].[Mg+2]. The summed E-state index contributed by atoms with van der Waals surface area (Å²) in [5.74, 6) is -50.0. The van der Waals surface area contributed by atoms with Gasteiger partial charge in [-0.05, 0) is 51.4 Å². The second-order valence-electron chi connectivity index (χ2n) is 26.6. The second kappa shape index (κ2) is 44.9. The molecule has 0 fully saturated rings. The van der Waals surface area contributed by atoms with E-state index in [2.05, 4.69) is 15.9 Å². The number of nitro groups is 2. The molecule has 0 aliphatic carbocycles. The van der Waals surface area contributed by atoms with Crippen LogP contribution in [0.15, 0.2) is 223 Å². The molecule has 0 aliphatic rings. The maximum absolute atomic E-state index is 14.9. The number of rotatable bonds is 13. The van der Waals surface area contributed by atoms with Crippen LogP contribution in [0.4, 0.5) is 176 Å². The molecule has 0 saturated heterocycles. The number of hydrogen-bond donors (Lipinski definition) is 2. The molecule has 13 aromatic carbocycles. The third kappa shape index (κ3) is 24.2. The topological polar surface area (TPSA) is 207 Å². The van der Waals surface area contributed by atoms with Crippen molar-refractivity contribution in [2.75, 3.05) is 11.5 Å². The first-order valence-electron chi connectivity index (χ1n) is 35.6. The zero-order chi connectivity index (χ0) is 102. The van der Waals surface area contributed by atoms with E-state index < -0.39 is 255 Å². The Morgan fingerprint density at radius 2 is 0.464 bits per heavy atom. The van der Waals surface area contributed by atoms with Crippen LogP contribution in [-0.4, -0.2) is 32.9 Å². The molecule has 138 heavy (non-hydrogen) atoms. The van der Waals surface area contributed by atoms with Gasteiger partial charge in [0.2, 0.25) is 6.49 Å². The first-order chi connectivity index (χ1) is 62.8. The third-order valence-electron chi connectivity index (χ3n) is 18.0. The van der Waals surface area contributed by atoms with Gasteiger partial charge in [-0.2, -0.15) is 65.9 Å². The number of hydrogen-bond acceptors (Lipinski definition) is 10. The van der Waals surface area contributed by atoms with E-state index in [0.717, 1.165) is 66.7 Å². The first kappa shape index (κ1) is 115. The summed E-state index contributed by atoms with van der Waals surface area (Å²) in [5.41, 5.74) is -3.91. The van der Waals surface area contributed by atoms with Gasteiger partial charge in [0.1, 0.15) is 22.3 Å². The molecular weight excluding hydrogens is 2190 g/mol. The van der Waals surface area contributed by atoms with Gasteiger partial charge < -0.3 is 42.1 Å². The third-order valence-corrected chi connectivity index (χ3v) is 31.0. The van der Waals surface area contributed by atoms with Gasteiger partial charge in [0.15, 0.2) is 115 Å². The van der Waals surface area contributed by atoms with E-state index in [4.69, 9.17) is 22.7 Å². The van der Waals surface area contributed by atoms with E-state index in [-0.39, 0.29) is 72.6 Å². The van der Waals surface area contributed by atoms with Crippen LogP contribution >= 0.6 is 55.1 Å². The van der Waals surface area contributed by atoms with Crippen LogP contribution in [0.5, 0.6) is 0 Å². The number of nitrogen functional groups attached to an aromatic ring is 2. The maximum atomic E-state index is 14.9. The summed E-state index contributed by atoms with van der Waals surface area (Å²) in [6.45, 7) is -2.93. The van der Waals surface area contributed by atoms with Crippen molar-refractivity contribution < 1.29 is 199 Å². The molecule has 55 heteroatoms. The Labute approximate surface area is 789 Å². The van der Waals surface area contributed by atoms with Gasteiger partial charge in [-0.25, -0.2) is 79.0 Å². The van der Waals surface area contributed by atoms with Crippen LogP contribution in [0, 0.1) is 143 Å². The Kier molecular flexibility index (Phi) is 37.6. The summed E-state index contributed by atoms with van der Waals surface area (Å²) in [7, 11) is -14.7. The van der Waals surface area contributed by atoms with Crippen LogP contribution in [0.25, 0.3) is 0 Å². The summed E-state index contributed by atoms with van der Waals surface area (Å²) in [4.78, 5) is 20.2. The molecule has 0 saturated carbocycles. The second-order valence-corrected chi connectivity index (χ2v) is 39.0. The molecule has 0 heterocycles. The van der Waals surface area contributed by atoms with Gasteiger partial charge >= 0.3 is 53.9 Å². The fourth-order valence-corrected chi connectivity index (χ4v) is 22.8. The van der Waals surface area contributed by atoms with Gasteiger partial charge in [0, 0.05) is 95.3 Å². The molecule has 0 spiro atoms. The van der Waals surface area contributed by atoms with E-state index in [9.17, 15) is 192 Å². The number of nitro benzene ring substituents is 2. The Morgan fingerprint density at radius 3 is 0.681 bits per heavy atom. The zero-order valence-electron chi connectivity index (χ0n) is 66.5. The quantitative estimate of drug-likeness (QED) is 0.0128. The van der Waals surface area contributed by atoms with Gasteiger partial charge in [-0.15, -0.1) is 6.07 Å². The summed E-state index contributed by atoms with van der Waals surface area (Å²) in [6, 6.07) is 48.1. The minimum Gasteiger partial charge on any atom is -1.00 e. The van der Waals surface area contributed by atoms with Crippen LogP contribution in [-0.2, 0) is 49.1 Å². The monoisotopic (exact) mass is 2230 g/mol. The van der Waals surface area contributed by atoms with E-state index in [0.29, 0.717) is 22.7 Å². The fourth-order valence-electron chi connectivity index (χ4n) is 12.0. The number of halogens is 38. The summed E-state index contributed by atoms with van der Waals surface area (Å²) in [6.07, 6.45) is -28.3. The fraction of sp³-hybridized carbons (Fsp3) is 0.0602. The van der Waals surface area contributed by atoms with E-state index in [1.165, 1.54) is 84.9 Å². The van der Waals surface area contributed by atoms with Crippen LogP contribution in [0.1, 0.15) is 27.8 Å². The Bertz CT molecular complexity index is 6630. The minimum atomic E-state index is -5.88. The number of anilines is 2. The van der Waals surface area contributed by atoms with Crippen LogP contribution in [0.3, 0.4) is 0 Å². The smallest absolute Gasteiger partial charge is 1.00 e. The Morgan fingerprint density at radius 1 is 0.275 bits per heavy atom. The summed E-state index contributed by atoms with van der Waals surface area (Å²) in [5, 5.41) is 15.6. The number of alkyl halides is 15. The van der Waals surface area contributed by atoms with Crippen LogP contribution < -0.4 is 86.8 Å². The van der Waals surface area contributed by atoms with Crippen molar-refractivity contribution in [3.05, 3.63) is 393 Å². The van der Waals surface area contributed by atoms with Crippen molar-refractivity contribution in [2.24, 2.45) is 0 Å². The Hall–Kier alpha value is -11.3. The molecule has 0 aromatic heterocycles. The average Bonchev–Trinajstić information content (AvgIpc) is 0.731. The molecule has 0 amide bonds. The molecule has 728 valence electrons. The molecular formula is C83H40Br2ClF35MgN4O8P4. The van der Waals surface area contributed by atoms with Crippen LogP contribution in [0.2, 0.25) is 0 Å². The predicted octanol–water partition coefficient (Wildman–Crippen LogP) is 20.5. The normalized spacial score (nSPS) is 11.8. The van der Waals surface area contributed by atoms with Crippen molar-refractivity contribution in [3.8, 4) is 0 Å². The molecule has 4 N–H and O–H groups in total. The van der Waals surface area contributed by atoms with Crippen molar-refractivity contribution in [1.82, 2.24) is 0 Å². The van der Waals surface area contributed by atoms with E-state index >= 15 is 0 Å². The number of non-ortho nitro benzene ring substituents is 2. The molecule has 12 nitrogen and oxygen atoms in total. The van der Waals surface area contributed by atoms with Crippen molar-refractivity contribution in [3.63, 3.8) is 0 Å². The van der Waals surface area contributed by atoms with E-state index in [1.807, 2.05) is 36.4 Å². The number of nitrogens with two attached hydrogens (primary N) is 2. The molecule has 0 atom stereocenters. The predicted molar refractivity (Wildman–Crippen MR) is 435 cm³/mol. The molecule has 13 rings (SSSR count). The molecule has 0 unspecified atom stereocenters. The van der Waals surface area contributed by atoms with Gasteiger partial charge in [0.25, 0.3) is 11.4 Å².